The van der Waals surface area contributed by atoms with Gasteiger partial charge in [0.2, 0.25) is 0 Å². The monoisotopic (exact) mass is 270 g/mol. The van der Waals surface area contributed by atoms with E-state index in [1.165, 1.54) is 18.9 Å². The molecule has 0 saturated heterocycles. The van der Waals surface area contributed by atoms with E-state index in [1.807, 2.05) is 6.07 Å². The zero-order valence-corrected chi connectivity index (χ0v) is 10.6. The van der Waals surface area contributed by atoms with Crippen molar-refractivity contribution in [3.63, 3.8) is 0 Å². The molecule has 0 aromatic heterocycles. The van der Waals surface area contributed by atoms with Gasteiger partial charge in [0.05, 0.1) is 0 Å². The highest BCUT2D eigenvalue weighted by Gasteiger charge is 2.40. The molecule has 0 unspecified atom stereocenters. The molecule has 0 spiro atoms. The van der Waals surface area contributed by atoms with Crippen molar-refractivity contribution in [3.8, 4) is 0 Å². The summed E-state index contributed by atoms with van der Waals surface area (Å²) >= 11 is 3.59. The normalized spacial score (nSPS) is 29.9. The van der Waals surface area contributed by atoms with Gasteiger partial charge in [-0.15, -0.1) is 0 Å². The van der Waals surface area contributed by atoms with Gasteiger partial charge in [-0.1, -0.05) is 35.0 Å². The second-order valence-corrected chi connectivity index (χ2v) is 5.51. The van der Waals surface area contributed by atoms with E-state index in [0.717, 1.165) is 23.2 Å². The molecular formula is C13H16BrF. The van der Waals surface area contributed by atoms with Crippen molar-refractivity contribution >= 4 is 15.9 Å². The van der Waals surface area contributed by atoms with Crippen molar-refractivity contribution in [2.45, 2.75) is 26.2 Å². The quantitative estimate of drug-likeness (QED) is 0.723. The summed E-state index contributed by atoms with van der Waals surface area (Å²) in [5.41, 5.74) is 1.51. The fraction of sp³-hybridized carbons (Fsp3) is 0.538. The number of alkyl halides is 1. The van der Waals surface area contributed by atoms with Crippen molar-refractivity contribution in [2.24, 2.45) is 11.3 Å². The lowest BCUT2D eigenvalue weighted by molar-refractivity contribution is 0.0954. The Bertz CT molecular complexity index is 342. The van der Waals surface area contributed by atoms with Crippen molar-refractivity contribution < 1.29 is 4.39 Å². The maximum atomic E-state index is 13.0. The van der Waals surface area contributed by atoms with Crippen LogP contribution >= 0.6 is 15.9 Å². The first-order chi connectivity index (χ1) is 7.13. The number of halogens is 2. The van der Waals surface area contributed by atoms with Gasteiger partial charge in [-0.2, -0.15) is 0 Å². The van der Waals surface area contributed by atoms with E-state index in [-0.39, 0.29) is 5.82 Å². The second kappa shape index (κ2) is 4.25. The molecule has 1 aromatic rings. The summed E-state index contributed by atoms with van der Waals surface area (Å²) in [4.78, 5) is 0. The molecule has 0 atom stereocenters. The molecule has 0 aliphatic heterocycles. The van der Waals surface area contributed by atoms with E-state index in [4.69, 9.17) is 0 Å². The minimum Gasteiger partial charge on any atom is -0.207 e. The van der Waals surface area contributed by atoms with Crippen LogP contribution in [0.2, 0.25) is 0 Å². The Hall–Kier alpha value is -0.370. The summed E-state index contributed by atoms with van der Waals surface area (Å²) in [6.45, 7) is 2.28. The van der Waals surface area contributed by atoms with Crippen molar-refractivity contribution in [2.75, 3.05) is 5.33 Å². The number of rotatable bonds is 3. The fourth-order valence-electron chi connectivity index (χ4n) is 2.80. The number of benzene rings is 1. The van der Waals surface area contributed by atoms with Gasteiger partial charge in [0.15, 0.2) is 0 Å². The molecule has 0 heterocycles. The topological polar surface area (TPSA) is 0 Å². The third-order valence-electron chi connectivity index (χ3n) is 3.31. The van der Waals surface area contributed by atoms with E-state index in [9.17, 15) is 4.39 Å². The lowest BCUT2D eigenvalue weighted by Gasteiger charge is -2.46. The first-order valence-corrected chi connectivity index (χ1v) is 6.56. The Balaban J connectivity index is 2.07. The van der Waals surface area contributed by atoms with Crippen LogP contribution in [-0.2, 0) is 6.42 Å². The van der Waals surface area contributed by atoms with E-state index >= 15 is 0 Å². The summed E-state index contributed by atoms with van der Waals surface area (Å²) in [6, 6.07) is 6.99. The SMILES string of the molecule is CC1CC(CBr)(Cc2cccc(F)c2)C1. The lowest BCUT2D eigenvalue weighted by Crippen LogP contribution is -2.39. The molecule has 0 nitrogen and oxygen atoms in total. The predicted octanol–water partition coefficient (Wildman–Crippen LogP) is 4.18. The summed E-state index contributed by atoms with van der Waals surface area (Å²) < 4.78 is 13.0. The van der Waals surface area contributed by atoms with Gasteiger partial charge in [-0.05, 0) is 48.3 Å². The van der Waals surface area contributed by atoms with E-state index in [2.05, 4.69) is 22.9 Å². The van der Waals surface area contributed by atoms with E-state index in [1.54, 1.807) is 12.1 Å². The predicted molar refractivity (Wildman–Crippen MR) is 64.7 cm³/mol. The minimum atomic E-state index is -0.121. The van der Waals surface area contributed by atoms with Gasteiger partial charge in [0, 0.05) is 5.33 Å². The molecule has 1 aliphatic rings. The van der Waals surface area contributed by atoms with Crippen LogP contribution in [0.15, 0.2) is 24.3 Å². The molecule has 1 aromatic carbocycles. The van der Waals surface area contributed by atoms with Gasteiger partial charge in [-0.3, -0.25) is 0 Å². The Morgan fingerprint density at radius 2 is 2.20 bits per heavy atom. The first kappa shape index (κ1) is 11.1. The standard InChI is InChI=1S/C13H16BrF/c1-10-6-13(7-10,9-14)8-11-3-2-4-12(15)5-11/h2-5,10H,6-9H2,1H3. The molecule has 2 heteroatoms. The zero-order chi connectivity index (χ0) is 10.9. The van der Waals surface area contributed by atoms with E-state index < -0.39 is 0 Å². The number of hydrogen-bond acceptors (Lipinski definition) is 0. The average molecular weight is 271 g/mol. The maximum absolute atomic E-state index is 13.0. The lowest BCUT2D eigenvalue weighted by atomic mass is 9.61. The molecule has 82 valence electrons. The molecule has 0 N–H and O–H groups in total. The molecule has 2 rings (SSSR count). The second-order valence-electron chi connectivity index (χ2n) is 4.95. The van der Waals surface area contributed by atoms with Gasteiger partial charge in [0.1, 0.15) is 5.82 Å². The van der Waals surface area contributed by atoms with Crippen LogP contribution in [0.4, 0.5) is 4.39 Å². The smallest absolute Gasteiger partial charge is 0.123 e. The molecule has 1 fully saturated rings. The van der Waals surface area contributed by atoms with Crippen LogP contribution in [0, 0.1) is 17.2 Å². The summed E-state index contributed by atoms with van der Waals surface area (Å²) in [5.74, 6) is 0.709. The van der Waals surface area contributed by atoms with Crippen LogP contribution in [0.25, 0.3) is 0 Å². The molecule has 1 saturated carbocycles. The third kappa shape index (κ3) is 2.41. The van der Waals surface area contributed by atoms with Crippen LogP contribution < -0.4 is 0 Å². The summed E-state index contributed by atoms with van der Waals surface area (Å²) in [5, 5.41) is 1.03. The summed E-state index contributed by atoms with van der Waals surface area (Å²) in [7, 11) is 0. The highest BCUT2D eigenvalue weighted by atomic mass is 79.9. The molecule has 0 amide bonds. The molecule has 0 bridgehead atoms. The Morgan fingerprint density at radius 1 is 1.47 bits per heavy atom. The molecule has 1 aliphatic carbocycles. The fourth-order valence-corrected chi connectivity index (χ4v) is 3.46. The van der Waals surface area contributed by atoms with Crippen LogP contribution in [0.5, 0.6) is 0 Å². The first-order valence-electron chi connectivity index (χ1n) is 5.44. The highest BCUT2D eigenvalue weighted by molar-refractivity contribution is 9.09. The Kier molecular flexibility index (Phi) is 3.15. The van der Waals surface area contributed by atoms with Crippen LogP contribution in [0.3, 0.4) is 0 Å². The van der Waals surface area contributed by atoms with Gasteiger partial charge in [-0.25, -0.2) is 4.39 Å². The zero-order valence-electron chi connectivity index (χ0n) is 8.97. The maximum Gasteiger partial charge on any atom is 0.123 e. The van der Waals surface area contributed by atoms with Crippen LogP contribution in [-0.4, -0.2) is 5.33 Å². The largest absolute Gasteiger partial charge is 0.207 e. The molecule has 15 heavy (non-hydrogen) atoms. The Morgan fingerprint density at radius 3 is 2.73 bits per heavy atom. The van der Waals surface area contributed by atoms with Gasteiger partial charge >= 0.3 is 0 Å². The van der Waals surface area contributed by atoms with E-state index in [0.29, 0.717) is 5.41 Å². The Labute approximate surface area is 99.0 Å². The highest BCUT2D eigenvalue weighted by Crippen LogP contribution is 2.48. The third-order valence-corrected chi connectivity index (χ3v) is 4.50. The van der Waals surface area contributed by atoms with Crippen LogP contribution in [0.1, 0.15) is 25.3 Å². The number of hydrogen-bond donors (Lipinski definition) is 0. The summed E-state index contributed by atoms with van der Waals surface area (Å²) in [6.07, 6.45) is 3.52. The minimum absolute atomic E-state index is 0.121. The van der Waals surface area contributed by atoms with Gasteiger partial charge < -0.3 is 0 Å². The molecular weight excluding hydrogens is 255 g/mol. The van der Waals surface area contributed by atoms with Crippen molar-refractivity contribution in [3.05, 3.63) is 35.6 Å². The van der Waals surface area contributed by atoms with Crippen molar-refractivity contribution in [1.82, 2.24) is 0 Å². The molecule has 0 radical (unpaired) electrons. The van der Waals surface area contributed by atoms with Gasteiger partial charge in [0.25, 0.3) is 0 Å². The van der Waals surface area contributed by atoms with Crippen molar-refractivity contribution in [1.29, 1.82) is 0 Å². The average Bonchev–Trinajstić information content (AvgIpc) is 2.15.